The molecule has 2 N–H and O–H groups in total. The minimum Gasteiger partial charge on any atom is -0.354 e. The lowest BCUT2D eigenvalue weighted by Gasteiger charge is -2.08. The molecule has 0 atom stereocenters. The zero-order chi connectivity index (χ0) is 13.5. The quantitative estimate of drug-likeness (QED) is 0.624. The van der Waals surface area contributed by atoms with Gasteiger partial charge in [-0.15, -0.1) is 0 Å². The van der Waals surface area contributed by atoms with Gasteiger partial charge >= 0.3 is 0 Å². The Morgan fingerprint density at radius 1 is 1.28 bits per heavy atom. The maximum atomic E-state index is 11.6. The lowest BCUT2D eigenvalue weighted by molar-refractivity contribution is -0.123. The summed E-state index contributed by atoms with van der Waals surface area (Å²) in [6.45, 7) is 4.36. The molecule has 0 spiro atoms. The lowest BCUT2D eigenvalue weighted by atomic mass is 10.2. The minimum absolute atomic E-state index is 0.0369. The number of rotatable bonds is 5. The van der Waals surface area contributed by atoms with Crippen molar-refractivity contribution < 1.29 is 9.59 Å². The smallest absolute Gasteiger partial charge is 0.270 e. The Morgan fingerprint density at radius 3 is 2.56 bits per heavy atom. The number of hydrogen-bond donors (Lipinski definition) is 2. The van der Waals surface area contributed by atoms with Gasteiger partial charge in [0.1, 0.15) is 10.8 Å². The molecule has 0 bridgehead atoms. The molecule has 0 saturated carbocycles. The molecule has 0 saturated heterocycles. The van der Waals surface area contributed by atoms with Gasteiger partial charge in [0.25, 0.3) is 5.91 Å². The lowest BCUT2D eigenvalue weighted by Crippen LogP contribution is -2.36. The number of pyridine rings is 1. The maximum absolute atomic E-state index is 11.6. The van der Waals surface area contributed by atoms with E-state index in [2.05, 4.69) is 15.6 Å². The molecular formula is C12H16ClN3O2. The van der Waals surface area contributed by atoms with Crippen LogP contribution >= 0.6 is 11.6 Å². The van der Waals surface area contributed by atoms with E-state index >= 15 is 0 Å². The highest BCUT2D eigenvalue weighted by molar-refractivity contribution is 6.29. The normalized spacial score (nSPS) is 10.2. The Hall–Kier alpha value is -1.62. The first-order valence-electron chi connectivity index (χ1n) is 5.69. The maximum Gasteiger partial charge on any atom is 0.270 e. The van der Waals surface area contributed by atoms with Gasteiger partial charge < -0.3 is 10.6 Å². The third kappa shape index (κ3) is 4.71. The summed E-state index contributed by atoms with van der Waals surface area (Å²) in [5.41, 5.74) is 0.262. The number of halogens is 1. The molecule has 0 aromatic carbocycles. The van der Waals surface area contributed by atoms with Crippen LogP contribution in [0.15, 0.2) is 18.2 Å². The first-order valence-corrected chi connectivity index (χ1v) is 6.07. The van der Waals surface area contributed by atoms with Crippen LogP contribution in [0, 0.1) is 5.92 Å². The Labute approximate surface area is 111 Å². The average molecular weight is 270 g/mol. The molecule has 1 aromatic rings. The zero-order valence-corrected chi connectivity index (χ0v) is 11.1. The molecule has 2 amide bonds. The van der Waals surface area contributed by atoms with Gasteiger partial charge in [-0.25, -0.2) is 4.98 Å². The van der Waals surface area contributed by atoms with Crippen LogP contribution in [0.5, 0.6) is 0 Å². The second-order valence-electron chi connectivity index (χ2n) is 4.05. The summed E-state index contributed by atoms with van der Waals surface area (Å²) in [4.78, 5) is 26.8. The van der Waals surface area contributed by atoms with Gasteiger partial charge in [0, 0.05) is 19.0 Å². The van der Waals surface area contributed by atoms with Crippen LogP contribution in [0.25, 0.3) is 0 Å². The first kappa shape index (κ1) is 14.4. The van der Waals surface area contributed by atoms with E-state index in [1.807, 2.05) is 13.8 Å². The predicted octanol–water partition coefficient (Wildman–Crippen LogP) is 1.24. The van der Waals surface area contributed by atoms with E-state index in [0.717, 1.165) is 0 Å². The molecule has 98 valence electrons. The third-order valence-electron chi connectivity index (χ3n) is 2.18. The van der Waals surface area contributed by atoms with E-state index in [1.54, 1.807) is 18.2 Å². The molecule has 1 heterocycles. The van der Waals surface area contributed by atoms with Crippen molar-refractivity contribution >= 4 is 23.4 Å². The van der Waals surface area contributed by atoms with E-state index in [9.17, 15) is 9.59 Å². The topological polar surface area (TPSA) is 71.1 Å². The summed E-state index contributed by atoms with van der Waals surface area (Å²) >= 11 is 5.68. The SMILES string of the molecule is CC(C)C(=O)NCCNC(=O)c1cccc(Cl)n1. The van der Waals surface area contributed by atoms with Crippen LogP contribution in [0.3, 0.4) is 0 Å². The van der Waals surface area contributed by atoms with E-state index in [4.69, 9.17) is 11.6 Å². The molecule has 5 nitrogen and oxygen atoms in total. The Morgan fingerprint density at radius 2 is 1.94 bits per heavy atom. The summed E-state index contributed by atoms with van der Waals surface area (Å²) in [5, 5.41) is 5.62. The van der Waals surface area contributed by atoms with Gasteiger partial charge in [0.15, 0.2) is 0 Å². The van der Waals surface area contributed by atoms with E-state index in [1.165, 1.54) is 0 Å². The largest absolute Gasteiger partial charge is 0.354 e. The number of hydrogen-bond acceptors (Lipinski definition) is 3. The number of carbonyl (C=O) groups is 2. The van der Waals surface area contributed by atoms with Crippen LogP contribution in [-0.4, -0.2) is 29.9 Å². The summed E-state index contributed by atoms with van der Waals surface area (Å²) < 4.78 is 0. The van der Waals surface area contributed by atoms with Crippen molar-refractivity contribution in [2.75, 3.05) is 13.1 Å². The average Bonchev–Trinajstić information content (AvgIpc) is 2.33. The fourth-order valence-electron chi connectivity index (χ4n) is 1.19. The van der Waals surface area contributed by atoms with Crippen molar-refractivity contribution in [3.63, 3.8) is 0 Å². The molecular weight excluding hydrogens is 254 g/mol. The van der Waals surface area contributed by atoms with Crippen LogP contribution in [0.2, 0.25) is 5.15 Å². The molecule has 18 heavy (non-hydrogen) atoms. The predicted molar refractivity (Wildman–Crippen MR) is 69.4 cm³/mol. The highest BCUT2D eigenvalue weighted by Crippen LogP contribution is 2.04. The van der Waals surface area contributed by atoms with Crippen molar-refractivity contribution in [2.45, 2.75) is 13.8 Å². The van der Waals surface area contributed by atoms with Crippen LogP contribution in [0.1, 0.15) is 24.3 Å². The number of nitrogens with one attached hydrogen (secondary N) is 2. The fraction of sp³-hybridized carbons (Fsp3) is 0.417. The van der Waals surface area contributed by atoms with Crippen molar-refractivity contribution in [1.29, 1.82) is 0 Å². The van der Waals surface area contributed by atoms with Crippen LogP contribution < -0.4 is 10.6 Å². The van der Waals surface area contributed by atoms with Crippen LogP contribution in [0.4, 0.5) is 0 Å². The van der Waals surface area contributed by atoms with Crippen LogP contribution in [-0.2, 0) is 4.79 Å². The Kier molecular flexibility index (Phi) is 5.58. The number of amides is 2. The second kappa shape index (κ2) is 6.96. The van der Waals surface area contributed by atoms with Gasteiger partial charge in [-0.2, -0.15) is 0 Å². The number of carbonyl (C=O) groups excluding carboxylic acids is 2. The van der Waals surface area contributed by atoms with Crippen molar-refractivity contribution in [3.8, 4) is 0 Å². The van der Waals surface area contributed by atoms with Gasteiger partial charge in [0.2, 0.25) is 5.91 Å². The van der Waals surface area contributed by atoms with Gasteiger partial charge in [-0.05, 0) is 12.1 Å². The molecule has 0 aliphatic heterocycles. The first-order chi connectivity index (χ1) is 8.50. The standard InChI is InChI=1S/C12H16ClN3O2/c1-8(2)11(17)14-6-7-15-12(18)9-4-3-5-10(13)16-9/h3-5,8H,6-7H2,1-2H3,(H,14,17)(H,15,18). The van der Waals surface area contributed by atoms with Crippen molar-refractivity contribution in [1.82, 2.24) is 15.6 Å². The zero-order valence-electron chi connectivity index (χ0n) is 10.4. The van der Waals surface area contributed by atoms with Gasteiger partial charge in [0.05, 0.1) is 0 Å². The van der Waals surface area contributed by atoms with E-state index in [0.29, 0.717) is 13.1 Å². The molecule has 6 heteroatoms. The van der Waals surface area contributed by atoms with E-state index < -0.39 is 0 Å². The number of aromatic nitrogens is 1. The summed E-state index contributed by atoms with van der Waals surface area (Å²) in [5.74, 6) is -0.406. The summed E-state index contributed by atoms with van der Waals surface area (Å²) in [7, 11) is 0. The molecule has 0 aliphatic carbocycles. The van der Waals surface area contributed by atoms with Gasteiger partial charge in [-0.3, -0.25) is 9.59 Å². The van der Waals surface area contributed by atoms with E-state index in [-0.39, 0.29) is 28.6 Å². The Balaban J connectivity index is 2.32. The second-order valence-corrected chi connectivity index (χ2v) is 4.43. The highest BCUT2D eigenvalue weighted by atomic mass is 35.5. The summed E-state index contributed by atoms with van der Waals surface area (Å²) in [6, 6.07) is 4.83. The molecule has 0 radical (unpaired) electrons. The molecule has 1 aromatic heterocycles. The Bertz CT molecular complexity index is 435. The highest BCUT2D eigenvalue weighted by Gasteiger charge is 2.08. The third-order valence-corrected chi connectivity index (χ3v) is 2.39. The van der Waals surface area contributed by atoms with Crippen molar-refractivity contribution in [2.24, 2.45) is 5.92 Å². The molecule has 1 rings (SSSR count). The van der Waals surface area contributed by atoms with Gasteiger partial charge in [-0.1, -0.05) is 31.5 Å². The number of nitrogens with zero attached hydrogens (tertiary/aromatic N) is 1. The monoisotopic (exact) mass is 269 g/mol. The molecule has 0 unspecified atom stereocenters. The molecule has 0 fully saturated rings. The van der Waals surface area contributed by atoms with Crippen molar-refractivity contribution in [3.05, 3.63) is 29.0 Å². The molecule has 0 aliphatic rings. The summed E-state index contributed by atoms with van der Waals surface area (Å²) in [6.07, 6.45) is 0. The minimum atomic E-state index is -0.309. The fourth-order valence-corrected chi connectivity index (χ4v) is 1.35.